The number of nitrogens with one attached hydrogen (secondary N) is 1. The summed E-state index contributed by atoms with van der Waals surface area (Å²) in [6.07, 6.45) is 1.59. The van der Waals surface area contributed by atoms with Crippen molar-refractivity contribution in [2.75, 3.05) is 11.5 Å². The Bertz CT molecular complexity index is 200. The largest absolute Gasteiger partial charge is 0.368 e. The van der Waals surface area contributed by atoms with Crippen molar-refractivity contribution in [2.24, 2.45) is 5.73 Å². The molecule has 0 aromatic carbocycles. The lowest BCUT2D eigenvalue weighted by molar-refractivity contribution is -0.127. The van der Waals surface area contributed by atoms with Gasteiger partial charge in [-0.2, -0.15) is 25.3 Å². The smallest absolute Gasteiger partial charge is 0.239 e. The molecule has 2 amide bonds. The fraction of sp³-hybridized carbons (Fsp3) is 0.750. The van der Waals surface area contributed by atoms with Gasteiger partial charge < -0.3 is 11.1 Å². The molecule has 0 rings (SSSR count). The zero-order valence-corrected chi connectivity index (χ0v) is 9.69. The Morgan fingerprint density at radius 3 is 2.36 bits per heavy atom. The maximum atomic E-state index is 11.1. The molecule has 6 heteroatoms. The lowest BCUT2D eigenvalue weighted by Crippen LogP contribution is -2.44. The number of rotatable bonds is 7. The first-order chi connectivity index (χ1) is 6.61. The zero-order chi connectivity index (χ0) is 11.0. The topological polar surface area (TPSA) is 72.2 Å². The van der Waals surface area contributed by atoms with Crippen LogP contribution in [0, 0.1) is 0 Å². The molecule has 0 aromatic heterocycles. The summed E-state index contributed by atoms with van der Waals surface area (Å²) in [5.41, 5.74) is 5.12. The van der Waals surface area contributed by atoms with Gasteiger partial charge in [-0.15, -0.1) is 0 Å². The van der Waals surface area contributed by atoms with Crippen LogP contribution in [0.3, 0.4) is 0 Å². The average Bonchev–Trinajstić information content (AvgIpc) is 2.12. The van der Waals surface area contributed by atoms with E-state index in [-0.39, 0.29) is 5.91 Å². The number of hydrogen-bond donors (Lipinski definition) is 4. The molecule has 82 valence electrons. The minimum Gasteiger partial charge on any atom is -0.368 e. The SMILES string of the molecule is NC(=O)C(CCCS)NC(=O)CCS. The van der Waals surface area contributed by atoms with Gasteiger partial charge in [0.15, 0.2) is 0 Å². The summed E-state index contributed by atoms with van der Waals surface area (Å²) in [5.74, 6) is 0.443. The van der Waals surface area contributed by atoms with Crippen LogP contribution in [0.5, 0.6) is 0 Å². The Morgan fingerprint density at radius 1 is 1.29 bits per heavy atom. The minimum absolute atomic E-state index is 0.192. The third-order valence-corrected chi connectivity index (χ3v) is 2.21. The molecule has 0 saturated carbocycles. The molecule has 3 N–H and O–H groups in total. The summed E-state index contributed by atoms with van der Waals surface area (Å²) in [5, 5.41) is 2.56. The molecular formula is C8H16N2O2S2. The number of thiol groups is 2. The van der Waals surface area contributed by atoms with Gasteiger partial charge in [-0.25, -0.2) is 0 Å². The first-order valence-electron chi connectivity index (χ1n) is 4.42. The van der Waals surface area contributed by atoms with E-state index in [1.807, 2.05) is 0 Å². The van der Waals surface area contributed by atoms with E-state index >= 15 is 0 Å². The monoisotopic (exact) mass is 236 g/mol. The Labute approximate surface area is 94.8 Å². The van der Waals surface area contributed by atoms with E-state index in [0.29, 0.717) is 24.3 Å². The van der Waals surface area contributed by atoms with Crippen molar-refractivity contribution < 1.29 is 9.59 Å². The van der Waals surface area contributed by atoms with E-state index in [1.54, 1.807) is 0 Å². The van der Waals surface area contributed by atoms with Gasteiger partial charge in [-0.05, 0) is 24.3 Å². The quantitative estimate of drug-likeness (QED) is 0.469. The van der Waals surface area contributed by atoms with Crippen molar-refractivity contribution in [3.05, 3.63) is 0 Å². The van der Waals surface area contributed by atoms with Crippen molar-refractivity contribution in [1.82, 2.24) is 5.32 Å². The molecule has 0 aliphatic carbocycles. The summed E-state index contributed by atoms with van der Waals surface area (Å²) in [6, 6.07) is -0.575. The average molecular weight is 236 g/mol. The van der Waals surface area contributed by atoms with Crippen molar-refractivity contribution in [2.45, 2.75) is 25.3 Å². The molecule has 0 bridgehead atoms. The summed E-state index contributed by atoms with van der Waals surface area (Å²) in [7, 11) is 0. The third kappa shape index (κ3) is 6.15. The van der Waals surface area contributed by atoms with Gasteiger partial charge in [-0.3, -0.25) is 9.59 Å². The number of carbonyl (C=O) groups is 2. The summed E-state index contributed by atoms with van der Waals surface area (Å²) < 4.78 is 0. The second-order valence-electron chi connectivity index (χ2n) is 2.86. The van der Waals surface area contributed by atoms with Crippen molar-refractivity contribution in [3.8, 4) is 0 Å². The zero-order valence-electron chi connectivity index (χ0n) is 7.90. The Hall–Kier alpha value is -0.360. The molecule has 0 aliphatic heterocycles. The van der Waals surface area contributed by atoms with Crippen LogP contribution in [-0.2, 0) is 9.59 Å². The predicted molar refractivity (Wildman–Crippen MR) is 62.7 cm³/mol. The maximum Gasteiger partial charge on any atom is 0.239 e. The summed E-state index contributed by atoms with van der Waals surface area (Å²) >= 11 is 7.93. The van der Waals surface area contributed by atoms with E-state index in [9.17, 15) is 9.59 Å². The highest BCUT2D eigenvalue weighted by Gasteiger charge is 2.16. The van der Waals surface area contributed by atoms with Crippen molar-refractivity contribution in [1.29, 1.82) is 0 Å². The van der Waals surface area contributed by atoms with Crippen LogP contribution in [0.1, 0.15) is 19.3 Å². The Kier molecular flexibility index (Phi) is 7.78. The number of carbonyl (C=O) groups excluding carboxylic acids is 2. The molecule has 0 heterocycles. The van der Waals surface area contributed by atoms with Gasteiger partial charge in [0.1, 0.15) is 6.04 Å². The van der Waals surface area contributed by atoms with E-state index in [1.165, 1.54) is 0 Å². The molecule has 0 aromatic rings. The van der Waals surface area contributed by atoms with E-state index in [2.05, 4.69) is 30.6 Å². The van der Waals surface area contributed by atoms with E-state index < -0.39 is 11.9 Å². The number of amides is 2. The van der Waals surface area contributed by atoms with Gasteiger partial charge in [0, 0.05) is 6.42 Å². The normalized spacial score (nSPS) is 12.1. The molecule has 14 heavy (non-hydrogen) atoms. The molecular weight excluding hydrogens is 220 g/mol. The molecule has 1 unspecified atom stereocenters. The van der Waals surface area contributed by atoms with E-state index in [0.717, 1.165) is 6.42 Å². The van der Waals surface area contributed by atoms with Crippen LogP contribution in [0.15, 0.2) is 0 Å². The fourth-order valence-corrected chi connectivity index (χ4v) is 1.33. The minimum atomic E-state index is -0.575. The highest BCUT2D eigenvalue weighted by atomic mass is 32.1. The molecule has 1 atom stereocenters. The van der Waals surface area contributed by atoms with Crippen LogP contribution >= 0.6 is 25.3 Å². The number of primary amides is 1. The van der Waals surface area contributed by atoms with Crippen LogP contribution in [0.4, 0.5) is 0 Å². The fourth-order valence-electron chi connectivity index (χ4n) is 0.949. The maximum absolute atomic E-state index is 11.1. The van der Waals surface area contributed by atoms with Gasteiger partial charge in [0.05, 0.1) is 0 Å². The van der Waals surface area contributed by atoms with E-state index in [4.69, 9.17) is 5.73 Å². The van der Waals surface area contributed by atoms with Gasteiger partial charge in [0.2, 0.25) is 11.8 Å². The Morgan fingerprint density at radius 2 is 1.93 bits per heavy atom. The molecule has 4 nitrogen and oxygen atoms in total. The number of hydrogen-bond acceptors (Lipinski definition) is 4. The lowest BCUT2D eigenvalue weighted by Gasteiger charge is -2.14. The third-order valence-electron chi connectivity index (χ3n) is 1.67. The molecule has 0 spiro atoms. The van der Waals surface area contributed by atoms with Gasteiger partial charge in [0.25, 0.3) is 0 Å². The van der Waals surface area contributed by atoms with Crippen LogP contribution in [-0.4, -0.2) is 29.4 Å². The molecule has 0 fully saturated rings. The lowest BCUT2D eigenvalue weighted by atomic mass is 10.1. The van der Waals surface area contributed by atoms with Crippen molar-refractivity contribution >= 4 is 37.1 Å². The number of nitrogens with two attached hydrogens (primary N) is 1. The van der Waals surface area contributed by atoms with Crippen LogP contribution in [0.2, 0.25) is 0 Å². The summed E-state index contributed by atoms with van der Waals surface area (Å²) in [4.78, 5) is 22.0. The van der Waals surface area contributed by atoms with Crippen molar-refractivity contribution in [3.63, 3.8) is 0 Å². The van der Waals surface area contributed by atoms with Crippen LogP contribution < -0.4 is 11.1 Å². The highest BCUT2D eigenvalue weighted by Crippen LogP contribution is 1.99. The predicted octanol–water partition coefficient (Wildman–Crippen LogP) is -0.0136. The standard InChI is InChI=1S/C8H16N2O2S2/c9-8(12)6(2-1-4-13)10-7(11)3-5-14/h6,13-14H,1-5H2,(H2,9,12)(H,10,11). The highest BCUT2D eigenvalue weighted by molar-refractivity contribution is 7.80. The first kappa shape index (κ1) is 13.6. The van der Waals surface area contributed by atoms with Gasteiger partial charge >= 0.3 is 0 Å². The first-order valence-corrected chi connectivity index (χ1v) is 5.68. The van der Waals surface area contributed by atoms with Crippen LogP contribution in [0.25, 0.3) is 0 Å². The second-order valence-corrected chi connectivity index (χ2v) is 3.76. The summed E-state index contributed by atoms with van der Waals surface area (Å²) in [6.45, 7) is 0. The second kappa shape index (κ2) is 7.99. The van der Waals surface area contributed by atoms with Gasteiger partial charge in [-0.1, -0.05) is 0 Å². The Balaban J connectivity index is 3.95. The molecule has 0 radical (unpaired) electrons. The molecule has 0 saturated heterocycles. The molecule has 0 aliphatic rings.